The molecule has 7 heteroatoms. The standard InChI is InChI=1S/C37H33N7/c1-24-40-35(44-36(41-24)43-30-10-8-9-29(23-30)39-3)42-28-21-17-26(18-22-28)37(25-15-19-27(38-2)20-16-25)33-13-6-4-11-31(33)32-12-5-7-14-34(32)37/h4-23,38-39H,1-3H3,(H2,40,41,42,43,44). The van der Waals surface area contributed by atoms with Crippen LogP contribution in [0.4, 0.5) is 34.6 Å². The van der Waals surface area contributed by atoms with Gasteiger partial charge >= 0.3 is 0 Å². The maximum Gasteiger partial charge on any atom is 0.232 e. The molecule has 0 unspecified atom stereocenters. The van der Waals surface area contributed by atoms with Gasteiger partial charge in [0.25, 0.3) is 0 Å². The highest BCUT2D eigenvalue weighted by atomic mass is 15.2. The molecule has 1 aliphatic carbocycles. The number of aryl methyl sites for hydroxylation is 1. The largest absolute Gasteiger partial charge is 0.388 e. The summed E-state index contributed by atoms with van der Waals surface area (Å²) in [5.74, 6) is 1.58. The molecular weight excluding hydrogens is 542 g/mol. The summed E-state index contributed by atoms with van der Waals surface area (Å²) in [5, 5.41) is 13.1. The van der Waals surface area contributed by atoms with Crippen molar-refractivity contribution < 1.29 is 0 Å². The van der Waals surface area contributed by atoms with E-state index in [0.29, 0.717) is 17.7 Å². The fourth-order valence-corrected chi connectivity index (χ4v) is 6.32. The van der Waals surface area contributed by atoms with Crippen LogP contribution in [0.25, 0.3) is 11.1 Å². The number of benzene rings is 5. The quantitative estimate of drug-likeness (QED) is 0.146. The Morgan fingerprint density at radius 1 is 0.477 bits per heavy atom. The summed E-state index contributed by atoms with van der Waals surface area (Å²) in [4.78, 5) is 13.7. The van der Waals surface area contributed by atoms with E-state index in [1.165, 1.54) is 33.4 Å². The van der Waals surface area contributed by atoms with Crippen molar-refractivity contribution in [2.24, 2.45) is 0 Å². The van der Waals surface area contributed by atoms with Gasteiger partial charge in [-0.25, -0.2) is 0 Å². The predicted molar refractivity (Wildman–Crippen MR) is 180 cm³/mol. The molecule has 0 spiro atoms. The van der Waals surface area contributed by atoms with Crippen LogP contribution in [0.3, 0.4) is 0 Å². The summed E-state index contributed by atoms with van der Waals surface area (Å²) in [6.07, 6.45) is 0. The van der Waals surface area contributed by atoms with Gasteiger partial charge in [0.05, 0.1) is 5.41 Å². The summed E-state index contributed by atoms with van der Waals surface area (Å²) in [6.45, 7) is 1.86. The van der Waals surface area contributed by atoms with Crippen LogP contribution >= 0.6 is 0 Å². The summed E-state index contributed by atoms with van der Waals surface area (Å²) in [6, 6.07) is 42.9. The van der Waals surface area contributed by atoms with E-state index in [1.54, 1.807) is 0 Å². The topological polar surface area (TPSA) is 86.8 Å². The molecule has 0 amide bonds. The number of aromatic nitrogens is 3. The molecular formula is C37H33N7. The van der Waals surface area contributed by atoms with Crippen molar-refractivity contribution in [3.8, 4) is 11.1 Å². The molecule has 44 heavy (non-hydrogen) atoms. The third kappa shape index (κ3) is 4.68. The fourth-order valence-electron chi connectivity index (χ4n) is 6.32. The monoisotopic (exact) mass is 575 g/mol. The summed E-state index contributed by atoms with van der Waals surface area (Å²) in [5.41, 5.74) is 10.9. The van der Waals surface area contributed by atoms with Gasteiger partial charge in [-0.3, -0.25) is 0 Å². The van der Waals surface area contributed by atoms with Gasteiger partial charge in [0.2, 0.25) is 11.9 Å². The van der Waals surface area contributed by atoms with Gasteiger partial charge in [-0.15, -0.1) is 0 Å². The van der Waals surface area contributed by atoms with Crippen molar-refractivity contribution in [2.45, 2.75) is 12.3 Å². The number of nitrogens with one attached hydrogen (secondary N) is 4. The second-order valence-corrected chi connectivity index (χ2v) is 10.9. The van der Waals surface area contributed by atoms with Crippen LogP contribution in [0, 0.1) is 6.92 Å². The molecule has 1 aliphatic rings. The molecule has 1 heterocycles. The van der Waals surface area contributed by atoms with Crippen molar-refractivity contribution in [3.05, 3.63) is 149 Å². The molecule has 0 bridgehead atoms. The van der Waals surface area contributed by atoms with E-state index in [4.69, 9.17) is 0 Å². The van der Waals surface area contributed by atoms with Crippen LogP contribution in [0.5, 0.6) is 0 Å². The molecule has 0 saturated heterocycles. The van der Waals surface area contributed by atoms with Crippen molar-refractivity contribution in [1.82, 2.24) is 15.0 Å². The number of hydrogen-bond donors (Lipinski definition) is 4. The van der Waals surface area contributed by atoms with Gasteiger partial charge in [-0.1, -0.05) is 78.9 Å². The van der Waals surface area contributed by atoms with Crippen LogP contribution in [0.2, 0.25) is 0 Å². The smallest absolute Gasteiger partial charge is 0.232 e. The molecule has 1 aromatic heterocycles. The highest BCUT2D eigenvalue weighted by molar-refractivity contribution is 5.86. The molecule has 4 N–H and O–H groups in total. The highest BCUT2D eigenvalue weighted by Crippen LogP contribution is 2.56. The SMILES string of the molecule is CNc1ccc(C2(c3ccc(Nc4nc(C)nc(Nc5cccc(NC)c5)n4)cc3)c3ccccc3-c3ccccc32)cc1. The molecule has 7 rings (SSSR count). The normalized spacial score (nSPS) is 12.6. The number of fused-ring (bicyclic) bond motifs is 3. The zero-order valence-corrected chi connectivity index (χ0v) is 24.9. The average Bonchev–Trinajstić information content (AvgIpc) is 3.36. The van der Waals surface area contributed by atoms with E-state index in [1.807, 2.05) is 45.3 Å². The predicted octanol–water partition coefficient (Wildman–Crippen LogP) is 8.11. The lowest BCUT2D eigenvalue weighted by Crippen LogP contribution is -2.28. The van der Waals surface area contributed by atoms with Gasteiger partial charge in [0, 0.05) is 36.8 Å². The van der Waals surface area contributed by atoms with Crippen molar-refractivity contribution >= 4 is 34.6 Å². The zero-order chi connectivity index (χ0) is 30.1. The summed E-state index contributed by atoms with van der Waals surface area (Å²) >= 11 is 0. The van der Waals surface area contributed by atoms with Crippen LogP contribution in [-0.2, 0) is 5.41 Å². The number of anilines is 6. The Kier molecular flexibility index (Phi) is 6.91. The van der Waals surface area contributed by atoms with Gasteiger partial charge in [-0.05, 0) is 82.8 Å². The van der Waals surface area contributed by atoms with Gasteiger partial charge in [0.15, 0.2) is 0 Å². The summed E-state index contributed by atoms with van der Waals surface area (Å²) in [7, 11) is 3.84. The Labute approximate surface area is 257 Å². The number of rotatable bonds is 8. The molecule has 0 atom stereocenters. The Bertz CT molecular complexity index is 1900. The highest BCUT2D eigenvalue weighted by Gasteiger charge is 2.45. The molecule has 0 saturated carbocycles. The second-order valence-electron chi connectivity index (χ2n) is 10.9. The molecule has 0 fully saturated rings. The number of hydrogen-bond acceptors (Lipinski definition) is 7. The first-order valence-corrected chi connectivity index (χ1v) is 14.7. The Balaban J connectivity index is 1.26. The zero-order valence-electron chi connectivity index (χ0n) is 24.9. The van der Waals surface area contributed by atoms with E-state index in [2.05, 4.69) is 133 Å². The minimum atomic E-state index is -0.458. The van der Waals surface area contributed by atoms with Crippen molar-refractivity contribution in [1.29, 1.82) is 0 Å². The van der Waals surface area contributed by atoms with E-state index >= 15 is 0 Å². The fraction of sp³-hybridized carbons (Fsp3) is 0.108. The Morgan fingerprint density at radius 3 is 1.55 bits per heavy atom. The van der Waals surface area contributed by atoms with E-state index in [9.17, 15) is 0 Å². The molecule has 0 aliphatic heterocycles. The minimum Gasteiger partial charge on any atom is -0.388 e. The van der Waals surface area contributed by atoms with Crippen molar-refractivity contribution in [3.63, 3.8) is 0 Å². The first-order valence-electron chi connectivity index (χ1n) is 14.7. The maximum atomic E-state index is 4.65. The molecule has 0 radical (unpaired) electrons. The summed E-state index contributed by atoms with van der Waals surface area (Å²) < 4.78 is 0. The molecule has 5 aromatic carbocycles. The first-order chi connectivity index (χ1) is 21.6. The molecule has 216 valence electrons. The van der Waals surface area contributed by atoms with Crippen LogP contribution in [0.15, 0.2) is 121 Å². The lowest BCUT2D eigenvalue weighted by Gasteiger charge is -2.34. The second kappa shape index (κ2) is 11.2. The first kappa shape index (κ1) is 27.2. The Hall–Kier alpha value is -5.69. The Morgan fingerprint density at radius 2 is 0.977 bits per heavy atom. The van der Waals surface area contributed by atoms with Crippen LogP contribution < -0.4 is 21.3 Å². The average molecular weight is 576 g/mol. The molecule has 7 nitrogen and oxygen atoms in total. The maximum absolute atomic E-state index is 4.65. The van der Waals surface area contributed by atoms with Crippen molar-refractivity contribution in [2.75, 3.05) is 35.4 Å². The third-order valence-electron chi connectivity index (χ3n) is 8.29. The van der Waals surface area contributed by atoms with Gasteiger partial charge < -0.3 is 21.3 Å². The van der Waals surface area contributed by atoms with E-state index in [0.717, 1.165) is 22.7 Å². The lowest BCUT2D eigenvalue weighted by molar-refractivity contribution is 0.769. The van der Waals surface area contributed by atoms with Gasteiger partial charge in [0.1, 0.15) is 5.82 Å². The minimum absolute atomic E-state index is 0.458. The van der Waals surface area contributed by atoms with E-state index < -0.39 is 5.41 Å². The van der Waals surface area contributed by atoms with Crippen LogP contribution in [0.1, 0.15) is 28.1 Å². The number of nitrogens with zero attached hydrogens (tertiary/aromatic N) is 3. The van der Waals surface area contributed by atoms with E-state index in [-0.39, 0.29) is 0 Å². The van der Waals surface area contributed by atoms with Gasteiger partial charge in [-0.2, -0.15) is 15.0 Å². The lowest BCUT2D eigenvalue weighted by atomic mass is 9.67. The van der Waals surface area contributed by atoms with Crippen LogP contribution in [-0.4, -0.2) is 29.0 Å². The third-order valence-corrected chi connectivity index (χ3v) is 8.29. The molecule has 6 aromatic rings.